The summed E-state index contributed by atoms with van der Waals surface area (Å²) >= 11 is 1.63. The molecule has 0 radical (unpaired) electrons. The van der Waals surface area contributed by atoms with Gasteiger partial charge in [0, 0.05) is 43.4 Å². The molecule has 3 aromatic heterocycles. The fourth-order valence-electron chi connectivity index (χ4n) is 6.67. The van der Waals surface area contributed by atoms with E-state index in [1.807, 2.05) is 18.2 Å². The van der Waals surface area contributed by atoms with Crippen molar-refractivity contribution in [2.45, 2.75) is 71.2 Å². The van der Waals surface area contributed by atoms with Gasteiger partial charge in [-0.2, -0.15) is 13.2 Å². The second-order valence-corrected chi connectivity index (χ2v) is 13.3. The van der Waals surface area contributed by atoms with Crippen molar-refractivity contribution in [3.05, 3.63) is 85.5 Å². The minimum Gasteiger partial charge on any atom is -0.378 e. The van der Waals surface area contributed by atoms with Crippen LogP contribution < -0.4 is 5.69 Å². The molecule has 2 atom stereocenters. The highest BCUT2D eigenvalue weighted by molar-refractivity contribution is 7.11. The highest BCUT2D eigenvalue weighted by Gasteiger charge is 2.36. The molecule has 10 heteroatoms. The summed E-state index contributed by atoms with van der Waals surface area (Å²) in [6.07, 6.45) is 3.83. The Balaban J connectivity index is 1.41. The predicted octanol–water partition coefficient (Wildman–Crippen LogP) is 7.18. The van der Waals surface area contributed by atoms with Gasteiger partial charge in [0.1, 0.15) is 5.01 Å². The van der Waals surface area contributed by atoms with Crippen LogP contribution in [0.2, 0.25) is 0 Å². The molecule has 1 aliphatic heterocycles. The molecule has 224 valence electrons. The van der Waals surface area contributed by atoms with Gasteiger partial charge < -0.3 is 4.74 Å². The number of piperidine rings is 1. The van der Waals surface area contributed by atoms with Crippen molar-refractivity contribution in [2.75, 3.05) is 20.2 Å². The number of hydrogen-bond acceptors (Lipinski definition) is 5. The maximum Gasteiger partial charge on any atom is 0.418 e. The predicted molar refractivity (Wildman–Crippen MR) is 158 cm³/mol. The number of likely N-dealkylation sites (tertiary alicyclic amines) is 1. The molecule has 0 amide bonds. The summed E-state index contributed by atoms with van der Waals surface area (Å²) in [4.78, 5) is 22.0. The summed E-state index contributed by atoms with van der Waals surface area (Å²) in [6.45, 7) is 6.77. The van der Waals surface area contributed by atoms with Gasteiger partial charge >= 0.3 is 11.9 Å². The number of aromatic nitrogens is 3. The molecule has 42 heavy (non-hydrogen) atoms. The van der Waals surface area contributed by atoms with Gasteiger partial charge in [-0.05, 0) is 80.3 Å². The van der Waals surface area contributed by atoms with Gasteiger partial charge in [0.2, 0.25) is 0 Å². The first-order valence-corrected chi connectivity index (χ1v) is 15.6. The van der Waals surface area contributed by atoms with Crippen molar-refractivity contribution in [1.82, 2.24) is 18.9 Å². The summed E-state index contributed by atoms with van der Waals surface area (Å²) in [6, 6.07) is 8.87. The van der Waals surface area contributed by atoms with E-state index in [0.29, 0.717) is 36.2 Å². The van der Waals surface area contributed by atoms with Crippen molar-refractivity contribution in [3.63, 3.8) is 0 Å². The summed E-state index contributed by atoms with van der Waals surface area (Å²) in [5.74, 6) is 0.986. The fourth-order valence-corrected chi connectivity index (χ4v) is 7.62. The molecular weight excluding hydrogens is 561 g/mol. The van der Waals surface area contributed by atoms with Crippen LogP contribution in [0, 0.1) is 18.8 Å². The lowest BCUT2D eigenvalue weighted by atomic mass is 9.71. The largest absolute Gasteiger partial charge is 0.418 e. The lowest BCUT2D eigenvalue weighted by molar-refractivity contribution is -0.136. The van der Waals surface area contributed by atoms with Gasteiger partial charge in [0.25, 0.3) is 0 Å². The molecule has 0 spiro atoms. The monoisotopic (exact) mass is 598 g/mol. The Bertz CT molecular complexity index is 1630. The highest BCUT2D eigenvalue weighted by Crippen LogP contribution is 2.45. The molecule has 1 aromatic carbocycles. The Labute approximate surface area is 247 Å². The van der Waals surface area contributed by atoms with E-state index in [1.165, 1.54) is 21.2 Å². The van der Waals surface area contributed by atoms with E-state index in [9.17, 15) is 18.0 Å². The van der Waals surface area contributed by atoms with Crippen LogP contribution in [0.25, 0.3) is 11.2 Å². The van der Waals surface area contributed by atoms with Gasteiger partial charge in [-0.1, -0.05) is 25.5 Å². The second-order valence-electron chi connectivity index (χ2n) is 12.0. The van der Waals surface area contributed by atoms with Gasteiger partial charge in [-0.25, -0.2) is 9.78 Å². The Morgan fingerprint density at radius 2 is 1.95 bits per heavy atom. The Kier molecular flexibility index (Phi) is 8.06. The van der Waals surface area contributed by atoms with E-state index >= 15 is 0 Å². The molecule has 4 aromatic rings. The molecule has 1 aliphatic carbocycles. The minimum absolute atomic E-state index is 0.0533. The average Bonchev–Trinajstić information content (AvgIpc) is 3.44. The third-order valence-electron chi connectivity index (χ3n) is 8.84. The normalized spacial score (nSPS) is 19.3. The number of fused-ring (bicyclic) bond motifs is 1. The number of alkyl halides is 3. The summed E-state index contributed by atoms with van der Waals surface area (Å²) in [5, 5.41) is 0.926. The second kappa shape index (κ2) is 11.6. The molecule has 2 fully saturated rings. The van der Waals surface area contributed by atoms with Crippen LogP contribution in [0.15, 0.2) is 47.5 Å². The van der Waals surface area contributed by atoms with E-state index in [0.717, 1.165) is 66.3 Å². The van der Waals surface area contributed by atoms with E-state index in [-0.39, 0.29) is 11.4 Å². The van der Waals surface area contributed by atoms with E-state index < -0.39 is 17.4 Å². The first-order valence-electron chi connectivity index (χ1n) is 14.7. The van der Waals surface area contributed by atoms with Crippen molar-refractivity contribution >= 4 is 16.9 Å². The number of nitrogens with zero attached hydrogens (tertiary/aromatic N) is 4. The molecule has 0 bridgehead atoms. The molecule has 4 heterocycles. The zero-order chi connectivity index (χ0) is 29.6. The zero-order valence-electron chi connectivity index (χ0n) is 24.3. The average molecular weight is 599 g/mol. The molecule has 1 saturated heterocycles. The number of thiazole rings is 1. The molecule has 1 saturated carbocycles. The molecule has 0 unspecified atom stereocenters. The SMILES string of the molecule is COCc1nc([C@@H](c2cccc(-n3cc4c(C(F)(F)F)cc(CN5CCC[C@H](C)C5)cn4c3=O)c2)C2CCC2)c(C)s1. The maximum atomic E-state index is 14.3. The number of imidazole rings is 1. The third-order valence-corrected chi connectivity index (χ3v) is 9.80. The van der Waals surface area contributed by atoms with Crippen LogP contribution in [0.4, 0.5) is 13.2 Å². The zero-order valence-corrected chi connectivity index (χ0v) is 25.1. The number of halogens is 3. The van der Waals surface area contributed by atoms with Crippen molar-refractivity contribution in [1.29, 1.82) is 0 Å². The Hall–Kier alpha value is -2.95. The van der Waals surface area contributed by atoms with E-state index in [2.05, 4.69) is 18.7 Å². The quantitative estimate of drug-likeness (QED) is 0.216. The van der Waals surface area contributed by atoms with E-state index in [4.69, 9.17) is 9.72 Å². The number of benzene rings is 1. The van der Waals surface area contributed by atoms with Crippen LogP contribution in [0.5, 0.6) is 0 Å². The van der Waals surface area contributed by atoms with Gasteiger partial charge in [-0.15, -0.1) is 11.3 Å². The number of pyridine rings is 1. The summed E-state index contributed by atoms with van der Waals surface area (Å²) in [7, 11) is 1.66. The number of ether oxygens (including phenoxy) is 1. The Morgan fingerprint density at radius 1 is 1.14 bits per heavy atom. The first kappa shape index (κ1) is 29.1. The maximum absolute atomic E-state index is 14.3. The highest BCUT2D eigenvalue weighted by atomic mass is 32.1. The Morgan fingerprint density at radius 3 is 2.64 bits per heavy atom. The molecule has 0 N–H and O–H groups in total. The van der Waals surface area contributed by atoms with Crippen molar-refractivity contribution in [3.8, 4) is 5.69 Å². The minimum atomic E-state index is -4.59. The number of hydrogen-bond donors (Lipinski definition) is 0. The van der Waals surface area contributed by atoms with Crippen LogP contribution in [-0.2, 0) is 24.1 Å². The smallest absolute Gasteiger partial charge is 0.378 e. The van der Waals surface area contributed by atoms with Gasteiger partial charge in [0.15, 0.2) is 0 Å². The first-order chi connectivity index (χ1) is 20.1. The van der Waals surface area contributed by atoms with Gasteiger partial charge in [0.05, 0.1) is 29.1 Å². The molecular formula is C32H37F3N4O2S. The molecule has 6 rings (SSSR count). The molecule has 2 aliphatic rings. The van der Waals surface area contributed by atoms with Crippen molar-refractivity contribution in [2.24, 2.45) is 11.8 Å². The molecule has 6 nitrogen and oxygen atoms in total. The lowest BCUT2D eigenvalue weighted by Crippen LogP contribution is -2.34. The number of methoxy groups -OCH3 is 1. The topological polar surface area (TPSA) is 51.8 Å². The van der Waals surface area contributed by atoms with Crippen LogP contribution >= 0.6 is 11.3 Å². The van der Waals surface area contributed by atoms with E-state index in [1.54, 1.807) is 30.7 Å². The fraction of sp³-hybridized carbons (Fsp3) is 0.500. The van der Waals surface area contributed by atoms with Crippen LogP contribution in [-0.4, -0.2) is 39.1 Å². The standard InChI is InChI=1S/C32H37F3N4O2S/c1-20-7-6-12-37(15-20)16-22-13-26(32(33,34)35)27-18-38(31(40)39(27)17-22)25-11-5-10-24(14-25)29(23-8-4-9-23)30-21(2)42-28(36-30)19-41-3/h5,10-11,13-14,17-18,20,23,29H,4,6-9,12,15-16,19H2,1-3H3/t20-,29+/m0/s1. The third kappa shape index (κ3) is 5.68. The number of aryl methyl sites for hydroxylation is 1. The van der Waals surface area contributed by atoms with Crippen LogP contribution in [0.1, 0.15) is 77.2 Å². The lowest BCUT2D eigenvalue weighted by Gasteiger charge is -2.34. The summed E-state index contributed by atoms with van der Waals surface area (Å²) < 4.78 is 50.8. The van der Waals surface area contributed by atoms with Gasteiger partial charge in [-0.3, -0.25) is 13.9 Å². The van der Waals surface area contributed by atoms with Crippen LogP contribution in [0.3, 0.4) is 0 Å². The van der Waals surface area contributed by atoms with Crippen molar-refractivity contribution < 1.29 is 17.9 Å². The summed E-state index contributed by atoms with van der Waals surface area (Å²) in [5.41, 5.74) is 1.67. The number of rotatable bonds is 8.